The van der Waals surface area contributed by atoms with Crippen LogP contribution in [0, 0.1) is 22.7 Å². The summed E-state index contributed by atoms with van der Waals surface area (Å²) in [6, 6.07) is 2.60. The Morgan fingerprint density at radius 1 is 1.23 bits per heavy atom. The molecule has 4 amide bonds. The maximum Gasteiger partial charge on any atom is 0.471 e. The van der Waals surface area contributed by atoms with Crippen LogP contribution in [0.1, 0.15) is 39.2 Å². The number of nitrogens with one attached hydrogen (secondary N) is 2. The zero-order valence-corrected chi connectivity index (χ0v) is 21.6. The average Bonchev–Trinajstić information content (AvgIpc) is 3.26. The largest absolute Gasteiger partial charge is 0.471 e. The van der Waals surface area contributed by atoms with Crippen LogP contribution in [0.2, 0.25) is 0 Å². The lowest BCUT2D eigenvalue weighted by Gasteiger charge is -2.41. The molecule has 1 saturated heterocycles. The van der Waals surface area contributed by atoms with Crippen molar-refractivity contribution in [2.24, 2.45) is 11.3 Å². The topological polar surface area (TPSA) is 123 Å². The first-order valence-electron chi connectivity index (χ1n) is 12.1. The van der Waals surface area contributed by atoms with Crippen molar-refractivity contribution in [2.75, 3.05) is 18.9 Å². The van der Waals surface area contributed by atoms with E-state index in [2.05, 4.69) is 5.32 Å². The van der Waals surface area contributed by atoms with Gasteiger partial charge < -0.3 is 20.4 Å². The Labute approximate surface area is 221 Å². The minimum Gasteiger partial charge on any atom is -0.337 e. The first-order chi connectivity index (χ1) is 18.0. The van der Waals surface area contributed by atoms with Gasteiger partial charge in [0.05, 0.1) is 6.07 Å². The maximum absolute atomic E-state index is 15.9. The molecule has 1 aromatic rings. The molecule has 0 bridgehead atoms. The van der Waals surface area contributed by atoms with Gasteiger partial charge in [-0.2, -0.15) is 27.2 Å². The Hall–Kier alpha value is -3.76. The summed E-state index contributed by atoms with van der Waals surface area (Å²) in [6.45, 7) is 3.57. The molecule has 2 aliphatic heterocycles. The first kappa shape index (κ1) is 29.8. The molecule has 2 aliphatic rings. The Balaban J connectivity index is 1.93. The lowest BCUT2D eigenvalue weighted by molar-refractivity contribution is -0.175. The molecule has 9 nitrogen and oxygen atoms in total. The number of carbonyl (C=O) groups is 4. The molecule has 39 heavy (non-hydrogen) atoms. The van der Waals surface area contributed by atoms with Crippen LogP contribution < -0.4 is 10.6 Å². The lowest BCUT2D eigenvalue weighted by atomic mass is 9.72. The molecule has 2 heterocycles. The van der Waals surface area contributed by atoms with Crippen molar-refractivity contribution in [3.05, 3.63) is 29.8 Å². The SMILES string of the molecule is CC(C)C[C@@H](C(=O)N1C[C@]2(C[C@H]1C#N)C(=O)Nc1ccccc1C2(F)F)N(C)C(=O)[C@H](C)NC(=O)C(F)(F)F. The molecular formula is C25H28F5N5O4. The van der Waals surface area contributed by atoms with Gasteiger partial charge in [0.2, 0.25) is 17.7 Å². The van der Waals surface area contributed by atoms with Gasteiger partial charge in [-0.1, -0.05) is 32.0 Å². The number of nitriles is 1. The molecular weight excluding hydrogens is 529 g/mol. The molecule has 0 radical (unpaired) electrons. The van der Waals surface area contributed by atoms with Crippen molar-refractivity contribution >= 4 is 29.3 Å². The lowest BCUT2D eigenvalue weighted by Crippen LogP contribution is -2.57. The van der Waals surface area contributed by atoms with Crippen LogP contribution >= 0.6 is 0 Å². The molecule has 0 saturated carbocycles. The number of anilines is 1. The van der Waals surface area contributed by atoms with E-state index in [0.29, 0.717) is 0 Å². The smallest absolute Gasteiger partial charge is 0.337 e. The minimum atomic E-state index is -5.24. The van der Waals surface area contributed by atoms with E-state index in [9.17, 15) is 37.6 Å². The zero-order valence-electron chi connectivity index (χ0n) is 21.6. The van der Waals surface area contributed by atoms with Gasteiger partial charge in [-0.05, 0) is 25.3 Å². The van der Waals surface area contributed by atoms with Gasteiger partial charge in [-0.3, -0.25) is 19.2 Å². The second-order valence-electron chi connectivity index (χ2n) is 10.3. The molecule has 4 atom stereocenters. The highest BCUT2D eigenvalue weighted by Crippen LogP contribution is 2.57. The molecule has 3 rings (SSSR count). The fourth-order valence-electron chi connectivity index (χ4n) is 5.01. The number of benzene rings is 1. The highest BCUT2D eigenvalue weighted by Gasteiger charge is 2.68. The molecule has 0 aromatic heterocycles. The second-order valence-corrected chi connectivity index (χ2v) is 10.3. The van der Waals surface area contributed by atoms with E-state index in [0.717, 1.165) is 29.8 Å². The summed E-state index contributed by atoms with van der Waals surface area (Å²) in [4.78, 5) is 52.7. The highest BCUT2D eigenvalue weighted by molar-refractivity contribution is 6.01. The monoisotopic (exact) mass is 557 g/mol. The fourth-order valence-corrected chi connectivity index (χ4v) is 5.01. The number of likely N-dealkylation sites (N-methyl/N-ethyl adjacent to an activating group) is 1. The van der Waals surface area contributed by atoms with Crippen molar-refractivity contribution in [2.45, 2.75) is 63.8 Å². The van der Waals surface area contributed by atoms with E-state index in [-0.39, 0.29) is 18.0 Å². The Kier molecular flexibility index (Phi) is 7.96. The van der Waals surface area contributed by atoms with E-state index >= 15 is 8.78 Å². The van der Waals surface area contributed by atoms with Gasteiger partial charge in [0.25, 0.3) is 5.92 Å². The summed E-state index contributed by atoms with van der Waals surface area (Å²) in [6.07, 6.45) is -5.95. The van der Waals surface area contributed by atoms with Gasteiger partial charge in [-0.15, -0.1) is 0 Å². The molecule has 1 spiro atoms. The molecule has 1 fully saturated rings. The summed E-state index contributed by atoms with van der Waals surface area (Å²) >= 11 is 0. The van der Waals surface area contributed by atoms with Gasteiger partial charge >= 0.3 is 12.1 Å². The quantitative estimate of drug-likeness (QED) is 0.521. The third-order valence-corrected chi connectivity index (χ3v) is 7.11. The average molecular weight is 558 g/mol. The van der Waals surface area contributed by atoms with Crippen LogP contribution in [0.15, 0.2) is 24.3 Å². The molecule has 0 aliphatic carbocycles. The van der Waals surface area contributed by atoms with E-state index in [1.165, 1.54) is 23.5 Å². The van der Waals surface area contributed by atoms with Crippen molar-refractivity contribution < 1.29 is 41.1 Å². The maximum atomic E-state index is 15.9. The van der Waals surface area contributed by atoms with E-state index in [1.807, 2.05) is 0 Å². The third kappa shape index (κ3) is 5.26. The number of nitrogens with zero attached hydrogens (tertiary/aromatic N) is 3. The van der Waals surface area contributed by atoms with Crippen molar-refractivity contribution in [1.29, 1.82) is 5.26 Å². The number of hydrogen-bond acceptors (Lipinski definition) is 5. The predicted molar refractivity (Wildman–Crippen MR) is 127 cm³/mol. The van der Waals surface area contributed by atoms with E-state index in [4.69, 9.17) is 0 Å². The summed E-state index contributed by atoms with van der Waals surface area (Å²) in [5.74, 6) is -9.36. The number of amides is 4. The standard InChI is InChI=1S/C25H28F5N5O4/c1-13(2)9-18(34(4)19(36)14(3)32-22(39)25(28,29)30)20(37)35-12-23(10-15(35)11-31)21(38)33-17-8-6-5-7-16(17)24(23,26)27/h5-8,13-15,18H,9-10,12H2,1-4H3,(H,32,39)(H,33,38)/t14-,15-,18-,23+/m0/s1. The van der Waals surface area contributed by atoms with Crippen LogP contribution in [0.5, 0.6) is 0 Å². The minimum absolute atomic E-state index is 0.0336. The Bertz CT molecular complexity index is 1210. The number of alkyl halides is 5. The first-order valence-corrected chi connectivity index (χ1v) is 12.1. The van der Waals surface area contributed by atoms with E-state index < -0.39 is 77.8 Å². The van der Waals surface area contributed by atoms with Crippen molar-refractivity contribution in [3.8, 4) is 6.07 Å². The van der Waals surface area contributed by atoms with Crippen molar-refractivity contribution in [1.82, 2.24) is 15.1 Å². The number of carbonyl (C=O) groups excluding carboxylic acids is 4. The Morgan fingerprint density at radius 3 is 2.41 bits per heavy atom. The Morgan fingerprint density at radius 2 is 1.85 bits per heavy atom. The molecule has 2 N–H and O–H groups in total. The van der Waals surface area contributed by atoms with E-state index in [1.54, 1.807) is 19.9 Å². The predicted octanol–water partition coefficient (Wildman–Crippen LogP) is 2.78. The zero-order chi connectivity index (χ0) is 29.5. The van der Waals surface area contributed by atoms with Crippen LogP contribution in [-0.4, -0.2) is 71.3 Å². The summed E-state index contributed by atoms with van der Waals surface area (Å²) in [5.41, 5.74) is -3.01. The summed E-state index contributed by atoms with van der Waals surface area (Å²) in [7, 11) is 1.13. The molecule has 1 aromatic carbocycles. The number of rotatable bonds is 6. The normalized spacial score (nSPS) is 23.5. The van der Waals surface area contributed by atoms with Gasteiger partial charge in [0.1, 0.15) is 23.5 Å². The van der Waals surface area contributed by atoms with Crippen molar-refractivity contribution in [3.63, 3.8) is 0 Å². The molecule has 212 valence electrons. The van der Waals surface area contributed by atoms with Gasteiger partial charge in [-0.25, -0.2) is 0 Å². The van der Waals surface area contributed by atoms with Crippen LogP contribution in [0.25, 0.3) is 0 Å². The number of fused-ring (bicyclic) bond motifs is 1. The molecule has 0 unspecified atom stereocenters. The number of halogens is 5. The van der Waals surface area contributed by atoms with Crippen LogP contribution in [-0.2, 0) is 25.1 Å². The second kappa shape index (κ2) is 10.4. The number of para-hydroxylation sites is 1. The summed E-state index contributed by atoms with van der Waals surface area (Å²) in [5, 5.41) is 13.7. The van der Waals surface area contributed by atoms with Crippen LogP contribution in [0.4, 0.5) is 27.6 Å². The number of hydrogen-bond donors (Lipinski definition) is 2. The van der Waals surface area contributed by atoms with Gasteiger partial charge in [0.15, 0.2) is 0 Å². The fraction of sp³-hybridized carbons (Fsp3) is 0.560. The summed E-state index contributed by atoms with van der Waals surface area (Å²) < 4.78 is 69.7. The molecule has 14 heteroatoms. The number of likely N-dealkylation sites (tertiary alicyclic amines) is 1. The third-order valence-electron chi connectivity index (χ3n) is 7.11. The van der Waals surface area contributed by atoms with Crippen LogP contribution in [0.3, 0.4) is 0 Å². The highest BCUT2D eigenvalue weighted by atomic mass is 19.4. The van der Waals surface area contributed by atoms with Gasteiger partial charge in [0, 0.05) is 31.3 Å².